The molecule has 0 bridgehead atoms. The van der Waals surface area contributed by atoms with Gasteiger partial charge in [-0.05, 0) is 47.1 Å². The van der Waals surface area contributed by atoms with E-state index in [2.05, 4.69) is 22.5 Å². The number of pyridine rings is 1. The van der Waals surface area contributed by atoms with Gasteiger partial charge in [0.2, 0.25) is 5.91 Å². The van der Waals surface area contributed by atoms with Crippen molar-refractivity contribution in [2.75, 3.05) is 14.1 Å². The number of thiophene rings is 1. The van der Waals surface area contributed by atoms with Crippen LogP contribution in [0.25, 0.3) is 21.3 Å². The number of hydrogen-bond donors (Lipinski definition) is 2. The Morgan fingerprint density at radius 2 is 1.80 bits per heavy atom. The zero-order chi connectivity index (χ0) is 25.1. The van der Waals surface area contributed by atoms with E-state index in [-0.39, 0.29) is 29.1 Å². The molecule has 0 saturated carbocycles. The van der Waals surface area contributed by atoms with E-state index in [1.807, 2.05) is 0 Å². The van der Waals surface area contributed by atoms with Crippen LogP contribution in [0.3, 0.4) is 0 Å². The highest BCUT2D eigenvalue weighted by Gasteiger charge is 2.17. The summed E-state index contributed by atoms with van der Waals surface area (Å²) in [5.74, 6) is -0.491. The van der Waals surface area contributed by atoms with Crippen molar-refractivity contribution in [3.8, 4) is 22.6 Å². The molecule has 0 atom stereocenters. The molecule has 0 aliphatic heterocycles. The summed E-state index contributed by atoms with van der Waals surface area (Å²) in [4.78, 5) is 30.4. The standard InChI is InChI=1S/C25H21FN4O3S2/c1-30(2)24(32)21-13-18-23(35-21)20(9-10-28-18)33-19-8-7-16(12-17(19)26)15-5-3-14(4-6-15)11-22(31)29-25(27)34/h3-10,12-13H,11H2,1-2H3,(H3,27,29,31,34). The van der Waals surface area contributed by atoms with Crippen LogP contribution in [0.2, 0.25) is 0 Å². The van der Waals surface area contributed by atoms with E-state index in [0.29, 0.717) is 26.4 Å². The maximum absolute atomic E-state index is 15.0. The number of nitrogens with zero attached hydrogens (tertiary/aromatic N) is 2. The van der Waals surface area contributed by atoms with E-state index in [1.165, 1.54) is 22.3 Å². The fourth-order valence-corrected chi connectivity index (χ4v) is 4.59. The topological polar surface area (TPSA) is 97.5 Å². The normalized spacial score (nSPS) is 10.7. The molecule has 4 rings (SSSR count). The molecule has 2 amide bonds. The smallest absolute Gasteiger partial charge is 0.263 e. The summed E-state index contributed by atoms with van der Waals surface area (Å²) >= 11 is 5.91. The Bertz CT molecular complexity index is 1430. The van der Waals surface area contributed by atoms with Gasteiger partial charge >= 0.3 is 0 Å². The molecule has 0 unspecified atom stereocenters. The first-order valence-corrected chi connectivity index (χ1v) is 11.7. The van der Waals surface area contributed by atoms with Gasteiger partial charge in [-0.25, -0.2) is 4.39 Å². The predicted molar refractivity (Wildman–Crippen MR) is 138 cm³/mol. The van der Waals surface area contributed by atoms with E-state index in [4.69, 9.17) is 10.5 Å². The average Bonchev–Trinajstić information content (AvgIpc) is 3.25. The monoisotopic (exact) mass is 508 g/mol. The summed E-state index contributed by atoms with van der Waals surface area (Å²) < 4.78 is 21.5. The number of halogens is 1. The minimum absolute atomic E-state index is 0.0566. The molecule has 7 nitrogen and oxygen atoms in total. The second-order valence-electron chi connectivity index (χ2n) is 7.87. The van der Waals surface area contributed by atoms with Crippen LogP contribution in [0, 0.1) is 5.82 Å². The summed E-state index contributed by atoms with van der Waals surface area (Å²) in [6, 6.07) is 15.2. The Morgan fingerprint density at radius 3 is 2.46 bits per heavy atom. The van der Waals surface area contributed by atoms with Crippen molar-refractivity contribution in [2.24, 2.45) is 5.73 Å². The Labute approximate surface area is 210 Å². The fraction of sp³-hybridized carbons (Fsp3) is 0.120. The zero-order valence-corrected chi connectivity index (χ0v) is 20.5. The van der Waals surface area contributed by atoms with E-state index >= 15 is 0 Å². The number of fused-ring (bicyclic) bond motifs is 1. The van der Waals surface area contributed by atoms with Crippen molar-refractivity contribution in [3.63, 3.8) is 0 Å². The van der Waals surface area contributed by atoms with Crippen LogP contribution < -0.4 is 15.8 Å². The van der Waals surface area contributed by atoms with Gasteiger partial charge in [0.15, 0.2) is 16.7 Å². The Morgan fingerprint density at radius 1 is 1.09 bits per heavy atom. The van der Waals surface area contributed by atoms with Gasteiger partial charge in [0, 0.05) is 26.4 Å². The lowest BCUT2D eigenvalue weighted by atomic mass is 10.0. The van der Waals surface area contributed by atoms with E-state index < -0.39 is 5.82 Å². The molecule has 10 heteroatoms. The van der Waals surface area contributed by atoms with Gasteiger partial charge in [-0.15, -0.1) is 11.3 Å². The first-order valence-electron chi connectivity index (χ1n) is 10.5. The molecule has 4 aromatic rings. The van der Waals surface area contributed by atoms with Crippen LogP contribution in [-0.4, -0.2) is 40.9 Å². The highest BCUT2D eigenvalue weighted by molar-refractivity contribution is 7.80. The van der Waals surface area contributed by atoms with Crippen LogP contribution in [0.4, 0.5) is 4.39 Å². The minimum Gasteiger partial charge on any atom is -0.453 e. The van der Waals surface area contributed by atoms with Gasteiger partial charge in [0.1, 0.15) is 5.75 Å². The molecule has 0 radical (unpaired) electrons. The Hall–Kier alpha value is -3.89. The van der Waals surface area contributed by atoms with Gasteiger partial charge in [-0.2, -0.15) is 0 Å². The molecule has 0 aliphatic rings. The number of nitrogens with one attached hydrogen (secondary N) is 1. The highest BCUT2D eigenvalue weighted by Crippen LogP contribution is 2.36. The molecule has 2 heterocycles. The summed E-state index contributed by atoms with van der Waals surface area (Å²) in [5, 5.41) is 2.31. The van der Waals surface area contributed by atoms with Crippen molar-refractivity contribution in [2.45, 2.75) is 6.42 Å². The number of rotatable bonds is 6. The predicted octanol–water partition coefficient (Wildman–Crippen LogP) is 4.50. The number of nitrogens with two attached hydrogens (primary N) is 1. The molecule has 0 spiro atoms. The second-order valence-corrected chi connectivity index (χ2v) is 9.36. The first kappa shape index (κ1) is 24.2. The highest BCUT2D eigenvalue weighted by atomic mass is 32.1. The number of ether oxygens (including phenoxy) is 1. The number of carbonyl (C=O) groups excluding carboxylic acids is 2. The van der Waals surface area contributed by atoms with Crippen molar-refractivity contribution >= 4 is 50.7 Å². The van der Waals surface area contributed by atoms with Crippen LogP contribution in [0.1, 0.15) is 15.2 Å². The SMILES string of the molecule is CN(C)C(=O)c1cc2nccc(Oc3ccc(-c4ccc(CC(=O)NC(N)=S)cc4)cc3F)c2s1. The van der Waals surface area contributed by atoms with Crippen molar-refractivity contribution in [3.05, 3.63) is 77.1 Å². The lowest BCUT2D eigenvalue weighted by Gasteiger charge is -2.10. The van der Waals surface area contributed by atoms with Gasteiger partial charge < -0.3 is 20.7 Å². The van der Waals surface area contributed by atoms with E-state index in [9.17, 15) is 14.0 Å². The zero-order valence-electron chi connectivity index (χ0n) is 18.9. The Kier molecular flexibility index (Phi) is 7.04. The molecule has 0 fully saturated rings. The molecule has 2 aromatic heterocycles. The van der Waals surface area contributed by atoms with E-state index in [1.54, 1.807) is 68.8 Å². The fourth-order valence-electron chi connectivity index (χ4n) is 3.38. The number of carbonyl (C=O) groups is 2. The maximum Gasteiger partial charge on any atom is 0.263 e. The largest absolute Gasteiger partial charge is 0.453 e. The lowest BCUT2D eigenvalue weighted by molar-refractivity contribution is -0.119. The summed E-state index contributed by atoms with van der Waals surface area (Å²) in [6.07, 6.45) is 1.69. The first-order chi connectivity index (χ1) is 16.7. The summed E-state index contributed by atoms with van der Waals surface area (Å²) in [7, 11) is 3.35. The number of hydrogen-bond acceptors (Lipinski definition) is 6. The molecule has 2 aromatic carbocycles. The third kappa shape index (κ3) is 5.61. The second kappa shape index (κ2) is 10.2. The molecule has 178 valence electrons. The third-order valence-electron chi connectivity index (χ3n) is 5.06. The van der Waals surface area contributed by atoms with Gasteiger partial charge in [0.05, 0.1) is 21.5 Å². The maximum atomic E-state index is 15.0. The van der Waals surface area contributed by atoms with E-state index in [0.717, 1.165) is 11.1 Å². The van der Waals surface area contributed by atoms with Crippen LogP contribution >= 0.6 is 23.6 Å². The lowest BCUT2D eigenvalue weighted by Crippen LogP contribution is -2.35. The molecule has 0 aliphatic carbocycles. The number of aromatic nitrogens is 1. The van der Waals surface area contributed by atoms with Crippen LogP contribution in [-0.2, 0) is 11.2 Å². The van der Waals surface area contributed by atoms with Crippen LogP contribution in [0.5, 0.6) is 11.5 Å². The number of benzene rings is 2. The summed E-state index contributed by atoms with van der Waals surface area (Å²) in [6.45, 7) is 0. The number of amides is 2. The molecule has 35 heavy (non-hydrogen) atoms. The van der Waals surface area contributed by atoms with Gasteiger partial charge in [-0.3, -0.25) is 14.6 Å². The van der Waals surface area contributed by atoms with Gasteiger partial charge in [0.25, 0.3) is 5.91 Å². The van der Waals surface area contributed by atoms with Crippen molar-refractivity contribution < 1.29 is 18.7 Å². The third-order valence-corrected chi connectivity index (χ3v) is 6.29. The minimum atomic E-state index is -0.534. The van der Waals surface area contributed by atoms with Gasteiger partial charge in [-0.1, -0.05) is 30.3 Å². The molecular formula is C25H21FN4O3S2. The molecular weight excluding hydrogens is 487 g/mol. The molecule has 3 N–H and O–H groups in total. The average molecular weight is 509 g/mol. The van der Waals surface area contributed by atoms with Crippen molar-refractivity contribution in [1.29, 1.82) is 0 Å². The number of thiocarbonyl (C=S) groups is 1. The van der Waals surface area contributed by atoms with Crippen LogP contribution in [0.15, 0.2) is 60.8 Å². The summed E-state index contributed by atoms with van der Waals surface area (Å²) in [5.41, 5.74) is 8.13. The van der Waals surface area contributed by atoms with Crippen molar-refractivity contribution in [1.82, 2.24) is 15.2 Å². The Balaban J connectivity index is 1.53. The quantitative estimate of drug-likeness (QED) is 0.372. The molecule has 0 saturated heterocycles.